The summed E-state index contributed by atoms with van der Waals surface area (Å²) in [6, 6.07) is 13.3. The van der Waals surface area contributed by atoms with E-state index >= 15 is 0 Å². The second-order valence-corrected chi connectivity index (χ2v) is 4.33. The van der Waals surface area contributed by atoms with Crippen molar-refractivity contribution < 1.29 is 14.3 Å². The Kier molecular flexibility index (Phi) is 4.36. The summed E-state index contributed by atoms with van der Waals surface area (Å²) in [5.74, 6) is 0.828. The predicted octanol–water partition coefficient (Wildman–Crippen LogP) is 3.43. The summed E-state index contributed by atoms with van der Waals surface area (Å²) in [7, 11) is -1.43. The number of hydrogen-bond acceptors (Lipinski definition) is 3. The molecule has 0 spiro atoms. The van der Waals surface area contributed by atoms with Gasteiger partial charge in [0.2, 0.25) is 0 Å². The van der Waals surface area contributed by atoms with Crippen molar-refractivity contribution in [3.05, 3.63) is 58.6 Å². The molecule has 92 valence electrons. The maximum absolute atomic E-state index is 9.61. The smallest absolute Gasteiger partial charge is 0.501 e. The topological polar surface area (TPSA) is 38.7 Å². The van der Waals surface area contributed by atoms with Gasteiger partial charge in [0.05, 0.1) is 0 Å². The van der Waals surface area contributed by atoms with E-state index in [1.807, 2.05) is 0 Å². The fourth-order valence-corrected chi connectivity index (χ4v) is 1.70. The molecule has 0 aliphatic carbocycles. The first-order valence-corrected chi connectivity index (χ1v) is 5.91. The summed E-state index contributed by atoms with van der Waals surface area (Å²) in [5.41, 5.74) is 0. The molecule has 0 radical (unpaired) electrons. The minimum absolute atomic E-state index is 0.414. The zero-order valence-corrected chi connectivity index (χ0v) is 10.7. The van der Waals surface area contributed by atoms with E-state index in [1.54, 1.807) is 48.5 Å². The number of rotatable bonds is 4. The third-order valence-electron chi connectivity index (χ3n) is 2.07. The molecular weight excluding hydrogens is 274 g/mol. The highest BCUT2D eigenvalue weighted by Gasteiger charge is 2.21. The maximum atomic E-state index is 9.61. The van der Waals surface area contributed by atoms with Crippen molar-refractivity contribution in [1.29, 1.82) is 0 Å². The van der Waals surface area contributed by atoms with Gasteiger partial charge < -0.3 is 14.3 Å². The van der Waals surface area contributed by atoms with Gasteiger partial charge in [-0.1, -0.05) is 35.3 Å². The molecule has 18 heavy (non-hydrogen) atoms. The Morgan fingerprint density at radius 1 is 0.833 bits per heavy atom. The molecular formula is C12H9BCl2O3. The maximum Gasteiger partial charge on any atom is 0.785 e. The number of halogens is 2. The van der Waals surface area contributed by atoms with Crippen molar-refractivity contribution in [2.45, 2.75) is 0 Å². The Labute approximate surface area is 115 Å². The SMILES string of the molecule is OB(Oc1cccc(Cl)c1)Oc1cccc(Cl)c1. The lowest BCUT2D eigenvalue weighted by Gasteiger charge is -2.11. The Bertz CT molecular complexity index is 489. The molecule has 0 fully saturated rings. The second kappa shape index (κ2) is 6.00. The van der Waals surface area contributed by atoms with Crippen LogP contribution in [-0.2, 0) is 0 Å². The fourth-order valence-electron chi connectivity index (χ4n) is 1.34. The fraction of sp³-hybridized carbons (Fsp3) is 0. The lowest BCUT2D eigenvalue weighted by Crippen LogP contribution is -2.29. The Morgan fingerprint density at radius 3 is 1.67 bits per heavy atom. The third-order valence-corrected chi connectivity index (χ3v) is 2.54. The minimum Gasteiger partial charge on any atom is -0.501 e. The normalized spacial score (nSPS) is 9.94. The van der Waals surface area contributed by atoms with E-state index in [2.05, 4.69) is 0 Å². The van der Waals surface area contributed by atoms with Gasteiger partial charge in [0.15, 0.2) is 0 Å². The van der Waals surface area contributed by atoms with Crippen LogP contribution in [0.2, 0.25) is 10.0 Å². The van der Waals surface area contributed by atoms with Crippen molar-refractivity contribution >= 4 is 30.5 Å². The van der Waals surface area contributed by atoms with Gasteiger partial charge in [-0.15, -0.1) is 0 Å². The third kappa shape index (κ3) is 3.84. The van der Waals surface area contributed by atoms with Crippen LogP contribution in [0.5, 0.6) is 11.5 Å². The molecule has 0 heterocycles. The van der Waals surface area contributed by atoms with Gasteiger partial charge in [0, 0.05) is 10.0 Å². The molecule has 0 aliphatic rings. The van der Waals surface area contributed by atoms with Gasteiger partial charge in [0.25, 0.3) is 0 Å². The molecule has 0 aliphatic heterocycles. The van der Waals surface area contributed by atoms with Gasteiger partial charge in [-0.25, -0.2) is 0 Å². The molecule has 2 rings (SSSR count). The van der Waals surface area contributed by atoms with Crippen LogP contribution in [0.25, 0.3) is 0 Å². The van der Waals surface area contributed by atoms with Crippen molar-refractivity contribution in [3.8, 4) is 11.5 Å². The summed E-state index contributed by atoms with van der Waals surface area (Å²) in [6.07, 6.45) is 0. The predicted molar refractivity (Wildman–Crippen MR) is 72.1 cm³/mol. The van der Waals surface area contributed by atoms with Gasteiger partial charge in [-0.3, -0.25) is 0 Å². The van der Waals surface area contributed by atoms with E-state index < -0.39 is 7.32 Å². The van der Waals surface area contributed by atoms with Crippen molar-refractivity contribution in [3.63, 3.8) is 0 Å². The van der Waals surface area contributed by atoms with Crippen LogP contribution in [0.4, 0.5) is 0 Å². The molecule has 0 unspecified atom stereocenters. The van der Waals surface area contributed by atoms with Crippen LogP contribution < -0.4 is 9.31 Å². The molecule has 0 bridgehead atoms. The lowest BCUT2D eigenvalue weighted by molar-refractivity contribution is 0.298. The van der Waals surface area contributed by atoms with Crippen LogP contribution in [0.15, 0.2) is 48.5 Å². The molecule has 2 aromatic carbocycles. The first-order chi connectivity index (χ1) is 8.63. The van der Waals surface area contributed by atoms with E-state index in [1.165, 1.54) is 0 Å². The van der Waals surface area contributed by atoms with Crippen molar-refractivity contribution in [1.82, 2.24) is 0 Å². The highest BCUT2D eigenvalue weighted by molar-refractivity contribution is 6.37. The van der Waals surface area contributed by atoms with Crippen molar-refractivity contribution in [2.24, 2.45) is 0 Å². The largest absolute Gasteiger partial charge is 0.785 e. The first kappa shape index (κ1) is 13.1. The summed E-state index contributed by atoms with van der Waals surface area (Å²) < 4.78 is 10.3. The monoisotopic (exact) mass is 282 g/mol. The molecule has 0 amide bonds. The molecule has 0 saturated carbocycles. The van der Waals surface area contributed by atoms with E-state index in [0.29, 0.717) is 21.5 Å². The van der Waals surface area contributed by atoms with E-state index in [4.69, 9.17) is 32.5 Å². The van der Waals surface area contributed by atoms with E-state index in [0.717, 1.165) is 0 Å². The lowest BCUT2D eigenvalue weighted by atomic mass is 10.2. The zero-order chi connectivity index (χ0) is 13.0. The number of benzene rings is 2. The van der Waals surface area contributed by atoms with Crippen LogP contribution in [0.3, 0.4) is 0 Å². The highest BCUT2D eigenvalue weighted by atomic mass is 35.5. The molecule has 2 aromatic rings. The Balaban J connectivity index is 1.98. The summed E-state index contributed by atoms with van der Waals surface area (Å²) in [5, 5.41) is 10.6. The summed E-state index contributed by atoms with van der Waals surface area (Å²) in [6.45, 7) is 0. The van der Waals surface area contributed by atoms with Gasteiger partial charge >= 0.3 is 7.32 Å². The summed E-state index contributed by atoms with van der Waals surface area (Å²) in [4.78, 5) is 0. The molecule has 0 saturated heterocycles. The minimum atomic E-state index is -1.43. The first-order valence-electron chi connectivity index (χ1n) is 5.16. The van der Waals surface area contributed by atoms with Crippen LogP contribution in [0, 0.1) is 0 Å². The Hall–Kier alpha value is -1.36. The number of hydrogen-bond donors (Lipinski definition) is 1. The van der Waals surface area contributed by atoms with E-state index in [9.17, 15) is 5.02 Å². The molecule has 0 aromatic heterocycles. The second-order valence-electron chi connectivity index (χ2n) is 3.46. The zero-order valence-electron chi connectivity index (χ0n) is 9.22. The average molecular weight is 283 g/mol. The van der Waals surface area contributed by atoms with E-state index in [-0.39, 0.29) is 0 Å². The molecule has 0 atom stereocenters. The Morgan fingerprint density at radius 2 is 1.28 bits per heavy atom. The standard InChI is InChI=1S/C12H9BCl2O3/c14-9-3-1-5-11(7-9)17-13(16)18-12-6-2-4-10(15)8-12/h1-8,16H. The van der Waals surface area contributed by atoms with Gasteiger partial charge in [0.1, 0.15) is 11.5 Å². The van der Waals surface area contributed by atoms with Gasteiger partial charge in [-0.2, -0.15) is 0 Å². The van der Waals surface area contributed by atoms with Crippen LogP contribution >= 0.6 is 23.2 Å². The molecule has 1 N–H and O–H groups in total. The summed E-state index contributed by atoms with van der Waals surface area (Å²) >= 11 is 11.6. The molecule has 6 heteroatoms. The quantitative estimate of drug-likeness (QED) is 0.873. The van der Waals surface area contributed by atoms with Crippen LogP contribution in [-0.4, -0.2) is 12.3 Å². The van der Waals surface area contributed by atoms with Crippen molar-refractivity contribution in [2.75, 3.05) is 0 Å². The van der Waals surface area contributed by atoms with Gasteiger partial charge in [-0.05, 0) is 36.4 Å². The average Bonchev–Trinajstić information content (AvgIpc) is 2.28. The highest BCUT2D eigenvalue weighted by Crippen LogP contribution is 2.20. The van der Waals surface area contributed by atoms with Crippen LogP contribution in [0.1, 0.15) is 0 Å². The molecule has 3 nitrogen and oxygen atoms in total.